The van der Waals surface area contributed by atoms with Crippen LogP contribution in [0.4, 0.5) is 4.79 Å². The second kappa shape index (κ2) is 4.52. The van der Waals surface area contributed by atoms with Crippen molar-refractivity contribution in [2.75, 3.05) is 38.6 Å². The lowest BCUT2D eigenvalue weighted by atomic mass is 10.3. The van der Waals surface area contributed by atoms with Crippen LogP contribution in [0.3, 0.4) is 0 Å². The van der Waals surface area contributed by atoms with Gasteiger partial charge in [0.25, 0.3) is 0 Å². The Kier molecular flexibility index (Phi) is 3.62. The molecule has 1 aliphatic heterocycles. The van der Waals surface area contributed by atoms with Gasteiger partial charge in [-0.15, -0.1) is 11.6 Å². The van der Waals surface area contributed by atoms with Crippen molar-refractivity contribution in [1.29, 1.82) is 0 Å². The molecular weight excluding hydrogens is 178 g/mol. The molecule has 2 amide bonds. The molecule has 0 bridgehead atoms. The van der Waals surface area contributed by atoms with Crippen molar-refractivity contribution in [3.63, 3.8) is 0 Å². The number of urea groups is 1. The fourth-order valence-corrected chi connectivity index (χ4v) is 1.55. The summed E-state index contributed by atoms with van der Waals surface area (Å²) in [5, 5.41) is 0. The average molecular weight is 192 g/mol. The Morgan fingerprint density at radius 1 is 1.33 bits per heavy atom. The van der Waals surface area contributed by atoms with Crippen LogP contribution in [0.2, 0.25) is 0 Å². The third-order valence-electron chi connectivity index (χ3n) is 2.08. The van der Waals surface area contributed by atoms with Gasteiger partial charge in [-0.1, -0.05) is 0 Å². The van der Waals surface area contributed by atoms with Gasteiger partial charge in [-0.25, -0.2) is 4.79 Å². The van der Waals surface area contributed by atoms with E-state index in [4.69, 9.17) is 17.3 Å². The molecule has 0 spiro atoms. The standard InChI is InChI=1S/C7H14ClN3O/c8-1-2-10-3-5-11(6-4-10)7(9)12/h1-6H2,(H2,9,12). The highest BCUT2D eigenvalue weighted by Crippen LogP contribution is 2.00. The van der Waals surface area contributed by atoms with E-state index in [1.54, 1.807) is 4.90 Å². The van der Waals surface area contributed by atoms with Gasteiger partial charge in [0.1, 0.15) is 0 Å². The Bertz CT molecular complexity index is 157. The minimum atomic E-state index is -0.319. The number of hydrogen-bond donors (Lipinski definition) is 1. The number of amides is 2. The van der Waals surface area contributed by atoms with E-state index in [9.17, 15) is 4.79 Å². The number of piperazine rings is 1. The van der Waals surface area contributed by atoms with E-state index in [0.29, 0.717) is 5.88 Å². The number of carbonyl (C=O) groups is 1. The first-order chi connectivity index (χ1) is 5.74. The normalized spacial score (nSPS) is 19.6. The molecule has 1 rings (SSSR count). The molecule has 1 heterocycles. The Hall–Kier alpha value is -0.480. The van der Waals surface area contributed by atoms with Crippen LogP contribution in [0, 0.1) is 0 Å². The molecule has 70 valence electrons. The summed E-state index contributed by atoms with van der Waals surface area (Å²) in [6.45, 7) is 4.12. The van der Waals surface area contributed by atoms with Crippen LogP contribution >= 0.6 is 11.6 Å². The second-order valence-electron chi connectivity index (χ2n) is 2.86. The van der Waals surface area contributed by atoms with Crippen molar-refractivity contribution in [2.45, 2.75) is 0 Å². The highest BCUT2D eigenvalue weighted by molar-refractivity contribution is 6.18. The average Bonchev–Trinajstić information content (AvgIpc) is 2.06. The third kappa shape index (κ3) is 2.53. The number of alkyl halides is 1. The van der Waals surface area contributed by atoms with Gasteiger partial charge in [0.2, 0.25) is 0 Å². The Morgan fingerprint density at radius 2 is 1.92 bits per heavy atom. The van der Waals surface area contributed by atoms with Gasteiger partial charge in [-0.05, 0) is 0 Å². The van der Waals surface area contributed by atoms with E-state index in [2.05, 4.69) is 4.90 Å². The van der Waals surface area contributed by atoms with Crippen molar-refractivity contribution in [3.8, 4) is 0 Å². The molecule has 1 aliphatic rings. The summed E-state index contributed by atoms with van der Waals surface area (Å²) in [6, 6.07) is -0.319. The monoisotopic (exact) mass is 191 g/mol. The van der Waals surface area contributed by atoms with Crippen LogP contribution in [-0.2, 0) is 0 Å². The molecule has 0 aromatic rings. The number of primary amides is 1. The van der Waals surface area contributed by atoms with Crippen molar-refractivity contribution in [3.05, 3.63) is 0 Å². The molecule has 0 atom stereocenters. The predicted molar refractivity (Wildman–Crippen MR) is 48.3 cm³/mol. The summed E-state index contributed by atoms with van der Waals surface area (Å²) >= 11 is 5.59. The minimum Gasteiger partial charge on any atom is -0.351 e. The molecule has 0 unspecified atom stereocenters. The summed E-state index contributed by atoms with van der Waals surface area (Å²) in [7, 11) is 0. The van der Waals surface area contributed by atoms with Crippen molar-refractivity contribution in [2.24, 2.45) is 5.73 Å². The topological polar surface area (TPSA) is 49.6 Å². The number of nitrogens with two attached hydrogens (primary N) is 1. The van der Waals surface area contributed by atoms with Crippen LogP contribution in [-0.4, -0.2) is 54.4 Å². The zero-order valence-corrected chi connectivity index (χ0v) is 7.76. The summed E-state index contributed by atoms with van der Waals surface area (Å²) < 4.78 is 0. The largest absolute Gasteiger partial charge is 0.351 e. The lowest BCUT2D eigenvalue weighted by Gasteiger charge is -2.33. The van der Waals surface area contributed by atoms with Gasteiger partial charge in [0.05, 0.1) is 0 Å². The minimum absolute atomic E-state index is 0.319. The van der Waals surface area contributed by atoms with Crippen molar-refractivity contribution < 1.29 is 4.79 Å². The molecule has 0 saturated carbocycles. The summed E-state index contributed by atoms with van der Waals surface area (Å²) in [5.74, 6) is 0.649. The summed E-state index contributed by atoms with van der Waals surface area (Å²) in [4.78, 5) is 14.6. The Labute approximate surface area is 77.2 Å². The van der Waals surface area contributed by atoms with Crippen molar-refractivity contribution in [1.82, 2.24) is 9.80 Å². The maximum atomic E-state index is 10.7. The van der Waals surface area contributed by atoms with Crippen molar-refractivity contribution >= 4 is 17.6 Å². The Balaban J connectivity index is 2.25. The third-order valence-corrected chi connectivity index (χ3v) is 2.25. The van der Waals surface area contributed by atoms with Gasteiger partial charge in [-0.3, -0.25) is 4.90 Å². The van der Waals surface area contributed by atoms with E-state index in [-0.39, 0.29) is 6.03 Å². The second-order valence-corrected chi connectivity index (χ2v) is 3.23. The molecule has 5 heteroatoms. The SMILES string of the molecule is NC(=O)N1CCN(CCCl)CC1. The number of halogens is 1. The van der Waals surface area contributed by atoms with Crippen LogP contribution < -0.4 is 5.73 Å². The Morgan fingerprint density at radius 3 is 2.33 bits per heavy atom. The maximum absolute atomic E-state index is 10.7. The van der Waals surface area contributed by atoms with Gasteiger partial charge >= 0.3 is 6.03 Å². The number of hydrogen-bond acceptors (Lipinski definition) is 2. The highest BCUT2D eigenvalue weighted by atomic mass is 35.5. The molecule has 12 heavy (non-hydrogen) atoms. The molecule has 2 N–H and O–H groups in total. The number of rotatable bonds is 2. The van der Waals surface area contributed by atoms with E-state index in [0.717, 1.165) is 32.7 Å². The van der Waals surface area contributed by atoms with Gasteiger partial charge < -0.3 is 10.6 Å². The smallest absolute Gasteiger partial charge is 0.314 e. The molecule has 0 radical (unpaired) electrons. The lowest BCUT2D eigenvalue weighted by Crippen LogP contribution is -2.50. The number of nitrogens with zero attached hydrogens (tertiary/aromatic N) is 2. The van der Waals surface area contributed by atoms with E-state index in [1.165, 1.54) is 0 Å². The van der Waals surface area contributed by atoms with E-state index >= 15 is 0 Å². The van der Waals surface area contributed by atoms with Gasteiger partial charge in [0, 0.05) is 38.6 Å². The van der Waals surface area contributed by atoms with Crippen LogP contribution in [0.5, 0.6) is 0 Å². The first-order valence-corrected chi connectivity index (χ1v) is 4.60. The molecule has 0 aliphatic carbocycles. The summed E-state index contributed by atoms with van der Waals surface area (Å²) in [6.07, 6.45) is 0. The van der Waals surface area contributed by atoms with Crippen LogP contribution in [0.1, 0.15) is 0 Å². The van der Waals surface area contributed by atoms with Crippen LogP contribution in [0.25, 0.3) is 0 Å². The van der Waals surface area contributed by atoms with E-state index < -0.39 is 0 Å². The predicted octanol–water partition coefficient (Wildman–Crippen LogP) is -0.0785. The maximum Gasteiger partial charge on any atom is 0.314 e. The summed E-state index contributed by atoms with van der Waals surface area (Å²) in [5.41, 5.74) is 5.13. The van der Waals surface area contributed by atoms with Gasteiger partial charge in [0.15, 0.2) is 0 Å². The molecule has 4 nitrogen and oxygen atoms in total. The van der Waals surface area contributed by atoms with E-state index in [1.807, 2.05) is 0 Å². The number of carbonyl (C=O) groups excluding carboxylic acids is 1. The zero-order valence-electron chi connectivity index (χ0n) is 7.00. The first kappa shape index (κ1) is 9.61. The molecular formula is C7H14ClN3O. The molecule has 1 saturated heterocycles. The zero-order chi connectivity index (χ0) is 8.97. The quantitative estimate of drug-likeness (QED) is 0.621. The molecule has 0 aromatic heterocycles. The molecule has 1 fully saturated rings. The van der Waals surface area contributed by atoms with Gasteiger partial charge in [-0.2, -0.15) is 0 Å². The highest BCUT2D eigenvalue weighted by Gasteiger charge is 2.17. The molecule has 0 aromatic carbocycles. The fraction of sp³-hybridized carbons (Fsp3) is 0.857. The first-order valence-electron chi connectivity index (χ1n) is 4.06. The van der Waals surface area contributed by atoms with Crippen LogP contribution in [0.15, 0.2) is 0 Å². The fourth-order valence-electron chi connectivity index (χ4n) is 1.31. The lowest BCUT2D eigenvalue weighted by molar-refractivity contribution is 0.149.